The fourth-order valence-corrected chi connectivity index (χ4v) is 3.62. The summed E-state index contributed by atoms with van der Waals surface area (Å²) in [4.78, 5) is 45.9. The Hall–Kier alpha value is -2.23. The van der Waals surface area contributed by atoms with Gasteiger partial charge < -0.3 is 21.1 Å². The maximum absolute atomic E-state index is 11.8. The van der Waals surface area contributed by atoms with Gasteiger partial charge in [0.25, 0.3) is 0 Å². The molecule has 1 saturated carbocycles. The average Bonchev–Trinajstić information content (AvgIpc) is 2.51. The van der Waals surface area contributed by atoms with E-state index in [0.29, 0.717) is 0 Å². The highest BCUT2D eigenvalue weighted by Crippen LogP contribution is 2.36. The number of hydrogen-bond acceptors (Lipinski definition) is 7. The fraction of sp³-hybridized carbons (Fsp3) is 0.786. The van der Waals surface area contributed by atoms with E-state index in [9.17, 15) is 24.5 Å². The van der Waals surface area contributed by atoms with Gasteiger partial charge in [-0.15, -0.1) is 0 Å². The van der Waals surface area contributed by atoms with Crippen LogP contribution in [0.4, 0.5) is 0 Å². The maximum atomic E-state index is 11.8. The monoisotopic (exact) mass is 342 g/mol. The van der Waals surface area contributed by atoms with Crippen LogP contribution in [-0.4, -0.2) is 53.5 Å². The van der Waals surface area contributed by atoms with E-state index in [4.69, 9.17) is 10.5 Å². The molecule has 0 aromatic heterocycles. The normalized spacial score (nSPS) is 33.7. The zero-order valence-electron chi connectivity index (χ0n) is 13.6. The number of piperazine rings is 1. The first kappa shape index (κ1) is 18.1. The molecule has 0 aromatic carbocycles. The Morgan fingerprint density at radius 3 is 2.62 bits per heavy atom. The first-order valence-electron chi connectivity index (χ1n) is 7.93. The smallest absolute Gasteiger partial charge is 0.322 e. The van der Waals surface area contributed by atoms with Gasteiger partial charge in [-0.2, -0.15) is 0 Å². The highest BCUT2D eigenvalue weighted by molar-refractivity contribution is 6.35. The molecule has 6 atom stereocenters. The Kier molecular flexibility index (Phi) is 5.37. The molecule has 1 aliphatic heterocycles. The number of fused-ring (bicyclic) bond motifs is 1. The minimum atomic E-state index is -0.946. The van der Waals surface area contributed by atoms with E-state index in [2.05, 4.69) is 10.6 Å². The Morgan fingerprint density at radius 1 is 1.42 bits per heavy atom. The largest absolute Gasteiger partial charge is 0.465 e. The van der Waals surface area contributed by atoms with Gasteiger partial charge >= 0.3 is 17.8 Å². The predicted octanol–water partition coefficient (Wildman–Crippen LogP) is -1.45. The van der Waals surface area contributed by atoms with E-state index in [0.717, 1.165) is 0 Å². The van der Waals surface area contributed by atoms with Gasteiger partial charge in [0.1, 0.15) is 6.04 Å². The SMILES string of the molecule is CCOC(=O)[C@H](N)CC1C(C)C([N+](=O)[O-])CC2NC(=O)C(=O)NC21. The second kappa shape index (κ2) is 7.12. The van der Waals surface area contributed by atoms with Gasteiger partial charge in [0.2, 0.25) is 6.04 Å². The van der Waals surface area contributed by atoms with Crippen molar-refractivity contribution >= 4 is 17.8 Å². The Bertz CT molecular complexity index is 553. The first-order chi connectivity index (χ1) is 11.3. The van der Waals surface area contributed by atoms with Crippen LogP contribution in [0.1, 0.15) is 26.7 Å². The van der Waals surface area contributed by atoms with E-state index in [1.807, 2.05) is 0 Å². The molecule has 1 aliphatic carbocycles. The van der Waals surface area contributed by atoms with Crippen molar-refractivity contribution in [3.8, 4) is 0 Å². The van der Waals surface area contributed by atoms with Crippen molar-refractivity contribution in [3.05, 3.63) is 10.1 Å². The minimum Gasteiger partial charge on any atom is -0.465 e. The molecule has 1 heterocycles. The van der Waals surface area contributed by atoms with Crippen LogP contribution in [0.2, 0.25) is 0 Å². The first-order valence-corrected chi connectivity index (χ1v) is 7.93. The molecular formula is C14H22N4O6. The zero-order chi connectivity index (χ0) is 18.0. The molecule has 0 bridgehead atoms. The van der Waals surface area contributed by atoms with E-state index >= 15 is 0 Å². The fourth-order valence-electron chi connectivity index (χ4n) is 3.62. The van der Waals surface area contributed by atoms with Gasteiger partial charge in [-0.3, -0.25) is 24.5 Å². The van der Waals surface area contributed by atoms with Crippen LogP contribution in [0, 0.1) is 22.0 Å². The quantitative estimate of drug-likeness (QED) is 0.239. The third kappa shape index (κ3) is 3.48. The number of nitrogens with zero attached hydrogens (tertiary/aromatic N) is 1. The van der Waals surface area contributed by atoms with Gasteiger partial charge in [-0.05, 0) is 19.3 Å². The lowest BCUT2D eigenvalue weighted by Gasteiger charge is -2.45. The molecule has 0 spiro atoms. The van der Waals surface area contributed by atoms with E-state index in [1.165, 1.54) is 0 Å². The van der Waals surface area contributed by atoms with Gasteiger partial charge in [-0.25, -0.2) is 0 Å². The number of carbonyl (C=O) groups is 3. The molecule has 0 aromatic rings. The van der Waals surface area contributed by atoms with Gasteiger partial charge in [0.15, 0.2) is 0 Å². The molecule has 0 radical (unpaired) electrons. The molecule has 24 heavy (non-hydrogen) atoms. The Balaban J connectivity index is 2.22. The summed E-state index contributed by atoms with van der Waals surface area (Å²) in [6, 6.07) is -2.89. The second-order valence-corrected chi connectivity index (χ2v) is 6.28. The molecule has 2 fully saturated rings. The molecular weight excluding hydrogens is 320 g/mol. The highest BCUT2D eigenvalue weighted by atomic mass is 16.6. The van der Waals surface area contributed by atoms with E-state index < -0.39 is 53.8 Å². The standard InChI is InChI=1S/C14H22N4O6/c1-3-24-14(21)8(15)4-7-6(2)10(18(22)23)5-9-11(7)17-13(20)12(19)16-9/h6-11H,3-5,15H2,1-2H3,(H,16,19)(H,17,20)/t6?,7?,8-,9?,10?,11?/m1/s1. The zero-order valence-corrected chi connectivity index (χ0v) is 13.6. The van der Waals surface area contributed by atoms with Crippen LogP contribution in [0.5, 0.6) is 0 Å². The molecule has 4 N–H and O–H groups in total. The summed E-state index contributed by atoms with van der Waals surface area (Å²) < 4.78 is 4.87. The van der Waals surface area contributed by atoms with Crippen LogP contribution >= 0.6 is 0 Å². The molecule has 10 heteroatoms. The third-order valence-electron chi connectivity index (χ3n) is 4.88. The lowest BCUT2D eigenvalue weighted by atomic mass is 9.68. The van der Waals surface area contributed by atoms with Crippen LogP contribution in [-0.2, 0) is 19.1 Å². The van der Waals surface area contributed by atoms with Crippen molar-refractivity contribution in [2.24, 2.45) is 17.6 Å². The summed E-state index contributed by atoms with van der Waals surface area (Å²) in [5.74, 6) is -3.02. The Labute approximate surface area is 138 Å². The molecule has 1 saturated heterocycles. The van der Waals surface area contributed by atoms with E-state index in [-0.39, 0.29) is 24.4 Å². The van der Waals surface area contributed by atoms with Crippen molar-refractivity contribution in [2.45, 2.75) is 50.9 Å². The molecule has 2 rings (SSSR count). The van der Waals surface area contributed by atoms with Crippen molar-refractivity contribution in [1.29, 1.82) is 0 Å². The van der Waals surface area contributed by atoms with Crippen LogP contribution in [0.3, 0.4) is 0 Å². The molecule has 134 valence electrons. The number of rotatable bonds is 5. The summed E-state index contributed by atoms with van der Waals surface area (Å²) in [6.45, 7) is 3.54. The summed E-state index contributed by atoms with van der Waals surface area (Å²) in [5.41, 5.74) is 5.86. The lowest BCUT2D eigenvalue weighted by molar-refractivity contribution is -0.538. The maximum Gasteiger partial charge on any atom is 0.322 e. The number of esters is 1. The van der Waals surface area contributed by atoms with Crippen molar-refractivity contribution in [1.82, 2.24) is 10.6 Å². The third-order valence-corrected chi connectivity index (χ3v) is 4.88. The number of carbonyl (C=O) groups excluding carboxylic acids is 3. The minimum absolute atomic E-state index is 0.121. The summed E-state index contributed by atoms with van der Waals surface area (Å²) in [6.07, 6.45) is 0.248. The number of ether oxygens (including phenoxy) is 1. The Morgan fingerprint density at radius 2 is 2.04 bits per heavy atom. The number of nitro groups is 1. The van der Waals surface area contributed by atoms with E-state index in [1.54, 1.807) is 13.8 Å². The highest BCUT2D eigenvalue weighted by Gasteiger charge is 2.51. The number of nitrogens with two attached hydrogens (primary N) is 1. The molecule has 2 amide bonds. The van der Waals surface area contributed by atoms with Gasteiger partial charge in [-0.1, -0.05) is 6.92 Å². The topological polar surface area (TPSA) is 154 Å². The lowest BCUT2D eigenvalue weighted by Crippen LogP contribution is -2.69. The van der Waals surface area contributed by atoms with Crippen LogP contribution in [0.25, 0.3) is 0 Å². The average molecular weight is 342 g/mol. The van der Waals surface area contributed by atoms with Crippen molar-refractivity contribution in [3.63, 3.8) is 0 Å². The molecule has 10 nitrogen and oxygen atoms in total. The second-order valence-electron chi connectivity index (χ2n) is 6.28. The molecule has 2 aliphatic rings. The van der Waals surface area contributed by atoms with Crippen LogP contribution in [0.15, 0.2) is 0 Å². The predicted molar refractivity (Wildman–Crippen MR) is 81.1 cm³/mol. The summed E-state index contributed by atoms with van der Waals surface area (Å²) in [5, 5.41) is 16.5. The number of nitrogens with one attached hydrogen (secondary N) is 2. The van der Waals surface area contributed by atoms with Crippen molar-refractivity contribution in [2.75, 3.05) is 6.61 Å². The van der Waals surface area contributed by atoms with Gasteiger partial charge in [0, 0.05) is 17.3 Å². The summed E-state index contributed by atoms with van der Waals surface area (Å²) in [7, 11) is 0. The number of hydrogen-bond donors (Lipinski definition) is 3. The number of amides is 2. The summed E-state index contributed by atoms with van der Waals surface area (Å²) >= 11 is 0. The van der Waals surface area contributed by atoms with Gasteiger partial charge in [0.05, 0.1) is 18.7 Å². The van der Waals surface area contributed by atoms with Crippen molar-refractivity contribution < 1.29 is 24.0 Å². The van der Waals surface area contributed by atoms with Crippen LogP contribution < -0.4 is 16.4 Å². The molecule has 5 unspecified atom stereocenters.